The molecule has 0 aliphatic carbocycles. The van der Waals surface area contributed by atoms with Gasteiger partial charge < -0.3 is 5.32 Å². The lowest BCUT2D eigenvalue weighted by Crippen LogP contribution is -2.17. The molecule has 2 aromatic rings. The first kappa shape index (κ1) is 18.1. The van der Waals surface area contributed by atoms with Crippen molar-refractivity contribution in [3.63, 3.8) is 0 Å². The molecule has 0 radical (unpaired) electrons. The molecule has 10 heteroatoms. The molecule has 24 heavy (non-hydrogen) atoms. The van der Waals surface area contributed by atoms with Gasteiger partial charge in [-0.1, -0.05) is 11.6 Å². The second-order valence-corrected chi connectivity index (χ2v) is 4.90. The molecule has 0 heterocycles. The van der Waals surface area contributed by atoms with Crippen LogP contribution in [0, 0.1) is 23.3 Å². The maximum atomic E-state index is 13.5. The Hall–Kier alpha value is -2.29. The fraction of sp³-hybridized carbons (Fsp3) is 0.0714. The van der Waals surface area contributed by atoms with Gasteiger partial charge in [-0.15, -0.1) is 0 Å². The van der Waals surface area contributed by atoms with Crippen molar-refractivity contribution in [1.29, 1.82) is 0 Å². The second-order valence-electron chi connectivity index (χ2n) is 4.49. The fourth-order valence-electron chi connectivity index (χ4n) is 1.76. The van der Waals surface area contributed by atoms with Crippen molar-refractivity contribution < 1.29 is 35.5 Å². The summed E-state index contributed by atoms with van der Waals surface area (Å²) in [5, 5.41) is 1.17. The monoisotopic (exact) mass is 371 g/mol. The number of rotatable bonds is 2. The van der Waals surface area contributed by atoms with Crippen LogP contribution in [0.2, 0.25) is 5.02 Å². The number of anilines is 1. The summed E-state index contributed by atoms with van der Waals surface area (Å²) in [5.74, 6) is -9.61. The summed E-state index contributed by atoms with van der Waals surface area (Å²) in [5.41, 5.74) is -2.95. The van der Waals surface area contributed by atoms with E-state index in [-0.39, 0.29) is 6.07 Å². The summed E-state index contributed by atoms with van der Waals surface area (Å²) in [7, 11) is 0. The standard InChI is InChI=1S/C14H5ClF7NO/c15-8-2-1-5(3-7(8)14(20,21)22)23-13(24)6-4-9(16)11(18)12(19)10(6)17/h1-4H,(H,23,24). The van der Waals surface area contributed by atoms with Crippen LogP contribution in [0.15, 0.2) is 24.3 Å². The van der Waals surface area contributed by atoms with Crippen molar-refractivity contribution in [2.75, 3.05) is 5.32 Å². The van der Waals surface area contributed by atoms with Crippen LogP contribution >= 0.6 is 11.6 Å². The highest BCUT2D eigenvalue weighted by Crippen LogP contribution is 2.36. The summed E-state index contributed by atoms with van der Waals surface area (Å²) in [6.45, 7) is 0. The Morgan fingerprint density at radius 3 is 2.17 bits per heavy atom. The van der Waals surface area contributed by atoms with E-state index in [0.29, 0.717) is 6.07 Å². The fourth-order valence-corrected chi connectivity index (χ4v) is 1.98. The van der Waals surface area contributed by atoms with E-state index in [2.05, 4.69) is 0 Å². The van der Waals surface area contributed by atoms with Crippen molar-refractivity contribution in [1.82, 2.24) is 0 Å². The Morgan fingerprint density at radius 1 is 0.958 bits per heavy atom. The van der Waals surface area contributed by atoms with Crippen LogP contribution in [0.25, 0.3) is 0 Å². The Balaban J connectivity index is 2.38. The van der Waals surface area contributed by atoms with Crippen molar-refractivity contribution >= 4 is 23.2 Å². The third kappa shape index (κ3) is 3.45. The Morgan fingerprint density at radius 2 is 1.58 bits per heavy atom. The number of hydrogen-bond acceptors (Lipinski definition) is 1. The van der Waals surface area contributed by atoms with Gasteiger partial charge in [-0.05, 0) is 24.3 Å². The van der Waals surface area contributed by atoms with Crippen LogP contribution in [0.1, 0.15) is 15.9 Å². The largest absolute Gasteiger partial charge is 0.417 e. The molecule has 0 atom stereocenters. The van der Waals surface area contributed by atoms with Crippen LogP contribution in [-0.4, -0.2) is 5.91 Å². The molecule has 2 aromatic carbocycles. The molecule has 128 valence electrons. The molecule has 0 saturated carbocycles. The quantitative estimate of drug-likeness (QED) is 0.440. The Bertz CT molecular complexity index is 820. The van der Waals surface area contributed by atoms with E-state index in [0.717, 1.165) is 12.1 Å². The average Bonchev–Trinajstić information content (AvgIpc) is 2.49. The lowest BCUT2D eigenvalue weighted by atomic mass is 10.1. The molecule has 0 saturated heterocycles. The van der Waals surface area contributed by atoms with Crippen molar-refractivity contribution in [2.45, 2.75) is 6.18 Å². The topological polar surface area (TPSA) is 29.1 Å². The molecule has 0 bridgehead atoms. The molecule has 0 fully saturated rings. The van der Waals surface area contributed by atoms with Gasteiger partial charge >= 0.3 is 6.18 Å². The maximum absolute atomic E-state index is 13.5. The lowest BCUT2D eigenvalue weighted by Gasteiger charge is -2.12. The summed E-state index contributed by atoms with van der Waals surface area (Å²) in [6.07, 6.45) is -4.82. The number of halogens is 8. The number of benzene rings is 2. The number of nitrogens with one attached hydrogen (secondary N) is 1. The van der Waals surface area contributed by atoms with E-state index in [1.165, 1.54) is 0 Å². The molecular weight excluding hydrogens is 367 g/mol. The van der Waals surface area contributed by atoms with Gasteiger partial charge in [0.15, 0.2) is 23.3 Å². The molecule has 0 aromatic heterocycles. The van der Waals surface area contributed by atoms with Gasteiger partial charge in [0.05, 0.1) is 16.1 Å². The number of hydrogen-bond donors (Lipinski definition) is 1. The van der Waals surface area contributed by atoms with Gasteiger partial charge in [-0.2, -0.15) is 13.2 Å². The van der Waals surface area contributed by atoms with E-state index in [1.807, 2.05) is 5.32 Å². The highest BCUT2D eigenvalue weighted by molar-refractivity contribution is 6.31. The summed E-state index contributed by atoms with van der Waals surface area (Å²) in [6, 6.07) is 2.32. The van der Waals surface area contributed by atoms with E-state index in [4.69, 9.17) is 11.6 Å². The SMILES string of the molecule is O=C(Nc1ccc(Cl)c(C(F)(F)F)c1)c1cc(F)c(F)c(F)c1F. The van der Waals surface area contributed by atoms with E-state index < -0.39 is 57.2 Å². The predicted molar refractivity (Wildman–Crippen MR) is 70.7 cm³/mol. The number of carbonyl (C=O) groups excluding carboxylic acids is 1. The molecule has 2 rings (SSSR count). The summed E-state index contributed by atoms with van der Waals surface area (Å²) < 4.78 is 90.6. The Kier molecular flexibility index (Phi) is 4.75. The van der Waals surface area contributed by atoms with Crippen LogP contribution in [-0.2, 0) is 6.18 Å². The van der Waals surface area contributed by atoms with Crippen molar-refractivity contribution in [2.24, 2.45) is 0 Å². The van der Waals surface area contributed by atoms with Crippen LogP contribution in [0.4, 0.5) is 36.4 Å². The Labute approximate surface area is 134 Å². The van der Waals surface area contributed by atoms with Gasteiger partial charge in [0.2, 0.25) is 0 Å². The highest BCUT2D eigenvalue weighted by Gasteiger charge is 2.33. The minimum absolute atomic E-state index is 0.0870. The molecule has 0 unspecified atom stereocenters. The summed E-state index contributed by atoms with van der Waals surface area (Å²) >= 11 is 5.39. The lowest BCUT2D eigenvalue weighted by molar-refractivity contribution is -0.137. The van der Waals surface area contributed by atoms with E-state index in [1.54, 1.807) is 0 Å². The first-order valence-corrected chi connectivity index (χ1v) is 6.41. The zero-order valence-electron chi connectivity index (χ0n) is 11.2. The minimum atomic E-state index is -4.82. The molecule has 0 spiro atoms. The predicted octanol–water partition coefficient (Wildman–Crippen LogP) is 5.17. The van der Waals surface area contributed by atoms with E-state index in [9.17, 15) is 35.5 Å². The zero-order valence-corrected chi connectivity index (χ0v) is 12.0. The number of alkyl halides is 3. The van der Waals surface area contributed by atoms with Crippen LogP contribution in [0.5, 0.6) is 0 Å². The van der Waals surface area contributed by atoms with Crippen molar-refractivity contribution in [3.05, 3.63) is 63.7 Å². The first-order valence-electron chi connectivity index (χ1n) is 6.03. The molecule has 1 amide bonds. The van der Waals surface area contributed by atoms with Crippen LogP contribution in [0.3, 0.4) is 0 Å². The number of carbonyl (C=O) groups is 1. The first-order chi connectivity index (χ1) is 11.0. The zero-order chi connectivity index (χ0) is 18.2. The third-order valence-electron chi connectivity index (χ3n) is 2.88. The maximum Gasteiger partial charge on any atom is 0.417 e. The molecule has 0 aliphatic rings. The van der Waals surface area contributed by atoms with E-state index >= 15 is 0 Å². The highest BCUT2D eigenvalue weighted by atomic mass is 35.5. The smallest absolute Gasteiger partial charge is 0.322 e. The normalized spacial score (nSPS) is 11.5. The van der Waals surface area contributed by atoms with Gasteiger partial charge in [0, 0.05) is 5.69 Å². The summed E-state index contributed by atoms with van der Waals surface area (Å²) in [4.78, 5) is 11.8. The van der Waals surface area contributed by atoms with Gasteiger partial charge in [0.25, 0.3) is 5.91 Å². The molecule has 0 aliphatic heterocycles. The van der Waals surface area contributed by atoms with Crippen LogP contribution < -0.4 is 5.32 Å². The second kappa shape index (κ2) is 6.31. The minimum Gasteiger partial charge on any atom is -0.322 e. The molecule has 1 N–H and O–H groups in total. The third-order valence-corrected chi connectivity index (χ3v) is 3.21. The molecular formula is C14H5ClF7NO. The van der Waals surface area contributed by atoms with Gasteiger partial charge in [-0.25, -0.2) is 17.6 Å². The average molecular weight is 372 g/mol. The number of amides is 1. The van der Waals surface area contributed by atoms with Crippen molar-refractivity contribution in [3.8, 4) is 0 Å². The van der Waals surface area contributed by atoms with Gasteiger partial charge in [-0.3, -0.25) is 4.79 Å². The molecule has 2 nitrogen and oxygen atoms in total. The van der Waals surface area contributed by atoms with Gasteiger partial charge in [0.1, 0.15) is 0 Å².